The Morgan fingerprint density at radius 2 is 1.96 bits per heavy atom. The van der Waals surface area contributed by atoms with Gasteiger partial charge in [0.15, 0.2) is 11.4 Å². The SMILES string of the molecule is CCc1cc(SCC(=O)c2ccccc2Cl)n2c(nc3ccccc32)c1C#N. The fourth-order valence-corrected chi connectivity index (χ4v) is 4.47. The highest BCUT2D eigenvalue weighted by atomic mass is 35.5. The molecule has 6 heteroatoms. The lowest BCUT2D eigenvalue weighted by Crippen LogP contribution is -2.05. The number of halogens is 1. The molecule has 0 atom stereocenters. The van der Waals surface area contributed by atoms with Gasteiger partial charge in [0.1, 0.15) is 6.07 Å². The molecule has 0 aliphatic heterocycles. The summed E-state index contributed by atoms with van der Waals surface area (Å²) >= 11 is 7.60. The Balaban J connectivity index is 1.81. The van der Waals surface area contributed by atoms with Crippen molar-refractivity contribution in [3.63, 3.8) is 0 Å². The highest BCUT2D eigenvalue weighted by Crippen LogP contribution is 2.30. The summed E-state index contributed by atoms with van der Waals surface area (Å²) < 4.78 is 1.97. The maximum absolute atomic E-state index is 12.7. The van der Waals surface area contributed by atoms with E-state index in [1.165, 1.54) is 11.8 Å². The Labute approximate surface area is 171 Å². The first kappa shape index (κ1) is 18.5. The highest BCUT2D eigenvalue weighted by molar-refractivity contribution is 8.00. The molecule has 0 N–H and O–H groups in total. The molecule has 0 bridgehead atoms. The van der Waals surface area contributed by atoms with Crippen molar-refractivity contribution in [2.45, 2.75) is 18.4 Å². The fraction of sp³-hybridized carbons (Fsp3) is 0.136. The van der Waals surface area contributed by atoms with Crippen LogP contribution in [0.15, 0.2) is 59.6 Å². The van der Waals surface area contributed by atoms with E-state index in [0.717, 1.165) is 21.6 Å². The number of ketones is 1. The van der Waals surface area contributed by atoms with Crippen LogP contribution in [0.5, 0.6) is 0 Å². The lowest BCUT2D eigenvalue weighted by Gasteiger charge is -2.11. The van der Waals surface area contributed by atoms with E-state index < -0.39 is 0 Å². The lowest BCUT2D eigenvalue weighted by molar-refractivity contribution is 0.102. The average molecular weight is 406 g/mol. The Kier molecular flexibility index (Phi) is 5.08. The number of para-hydroxylation sites is 2. The van der Waals surface area contributed by atoms with E-state index in [9.17, 15) is 10.1 Å². The number of imidazole rings is 1. The number of carbonyl (C=O) groups is 1. The van der Waals surface area contributed by atoms with Crippen molar-refractivity contribution in [1.82, 2.24) is 9.38 Å². The molecule has 138 valence electrons. The second-order valence-electron chi connectivity index (χ2n) is 6.30. The predicted octanol–water partition coefficient (Wildman–Crippen LogP) is 5.55. The first-order chi connectivity index (χ1) is 13.6. The van der Waals surface area contributed by atoms with Crippen molar-refractivity contribution in [3.8, 4) is 6.07 Å². The lowest BCUT2D eigenvalue weighted by atomic mass is 10.1. The smallest absolute Gasteiger partial charge is 0.174 e. The van der Waals surface area contributed by atoms with Gasteiger partial charge in [0, 0.05) is 5.56 Å². The molecule has 0 saturated heterocycles. The maximum Gasteiger partial charge on any atom is 0.174 e. The van der Waals surface area contributed by atoms with Crippen LogP contribution in [0.3, 0.4) is 0 Å². The first-order valence-electron chi connectivity index (χ1n) is 8.87. The van der Waals surface area contributed by atoms with Gasteiger partial charge in [-0.15, -0.1) is 0 Å². The third kappa shape index (κ3) is 3.15. The second kappa shape index (κ2) is 7.67. The second-order valence-corrected chi connectivity index (χ2v) is 7.70. The summed E-state index contributed by atoms with van der Waals surface area (Å²) in [6.07, 6.45) is 0.717. The minimum atomic E-state index is -0.0319. The molecule has 0 spiro atoms. The van der Waals surface area contributed by atoms with Crippen LogP contribution in [-0.4, -0.2) is 20.9 Å². The van der Waals surface area contributed by atoms with Gasteiger partial charge in [-0.2, -0.15) is 5.26 Å². The molecule has 0 saturated carbocycles. The predicted molar refractivity (Wildman–Crippen MR) is 113 cm³/mol. The van der Waals surface area contributed by atoms with E-state index in [-0.39, 0.29) is 11.5 Å². The molecular weight excluding hydrogens is 390 g/mol. The summed E-state index contributed by atoms with van der Waals surface area (Å²) in [6, 6.07) is 19.1. The number of thioether (sulfide) groups is 1. The van der Waals surface area contributed by atoms with Gasteiger partial charge >= 0.3 is 0 Å². The molecule has 0 fully saturated rings. The number of aromatic nitrogens is 2. The minimum absolute atomic E-state index is 0.0319. The number of hydrogen-bond acceptors (Lipinski definition) is 4. The summed E-state index contributed by atoms with van der Waals surface area (Å²) in [4.78, 5) is 17.3. The van der Waals surface area contributed by atoms with Crippen LogP contribution in [0.25, 0.3) is 16.7 Å². The molecule has 2 heterocycles. The number of nitrogens with zero attached hydrogens (tertiary/aromatic N) is 3. The van der Waals surface area contributed by atoms with E-state index in [0.29, 0.717) is 28.2 Å². The number of Topliss-reactive ketones (excluding diaryl/α,β-unsaturated/α-hetero) is 1. The van der Waals surface area contributed by atoms with Crippen LogP contribution >= 0.6 is 23.4 Å². The van der Waals surface area contributed by atoms with Crippen molar-refractivity contribution in [2.75, 3.05) is 5.75 Å². The quantitative estimate of drug-likeness (QED) is 0.322. The molecule has 0 unspecified atom stereocenters. The zero-order chi connectivity index (χ0) is 19.7. The van der Waals surface area contributed by atoms with Crippen molar-refractivity contribution >= 4 is 45.8 Å². The van der Waals surface area contributed by atoms with E-state index in [1.54, 1.807) is 12.1 Å². The number of rotatable bonds is 5. The van der Waals surface area contributed by atoms with Crippen LogP contribution < -0.4 is 0 Å². The van der Waals surface area contributed by atoms with Gasteiger partial charge in [-0.05, 0) is 42.3 Å². The molecule has 4 rings (SSSR count). The molecule has 0 amide bonds. The molecule has 0 aliphatic carbocycles. The molecule has 4 nitrogen and oxygen atoms in total. The molecule has 0 radical (unpaired) electrons. The van der Waals surface area contributed by atoms with Crippen LogP contribution in [0.1, 0.15) is 28.4 Å². The Morgan fingerprint density at radius 1 is 1.21 bits per heavy atom. The molecule has 4 aromatic rings. The van der Waals surface area contributed by atoms with Gasteiger partial charge in [0.05, 0.1) is 32.4 Å². The molecule has 2 aromatic carbocycles. The van der Waals surface area contributed by atoms with Crippen LogP contribution in [0.2, 0.25) is 5.02 Å². The summed E-state index contributed by atoms with van der Waals surface area (Å²) in [5, 5.41) is 11.0. The van der Waals surface area contributed by atoms with Crippen molar-refractivity contribution < 1.29 is 4.79 Å². The largest absolute Gasteiger partial charge is 0.293 e. The summed E-state index contributed by atoms with van der Waals surface area (Å²) in [5.41, 5.74) is 4.41. The number of nitriles is 1. The maximum atomic E-state index is 12.7. The molecular formula is C22H16ClN3OS. The van der Waals surface area contributed by atoms with Crippen LogP contribution in [0.4, 0.5) is 0 Å². The Hall–Kier alpha value is -2.81. The molecule has 0 aliphatic rings. The first-order valence-corrected chi connectivity index (χ1v) is 10.2. The summed E-state index contributed by atoms with van der Waals surface area (Å²) in [7, 11) is 0. The van der Waals surface area contributed by atoms with Gasteiger partial charge in [0.25, 0.3) is 0 Å². The summed E-state index contributed by atoms with van der Waals surface area (Å²) in [6.45, 7) is 2.01. The third-order valence-electron chi connectivity index (χ3n) is 4.64. The van der Waals surface area contributed by atoms with E-state index >= 15 is 0 Å². The van der Waals surface area contributed by atoms with Gasteiger partial charge < -0.3 is 0 Å². The third-order valence-corrected chi connectivity index (χ3v) is 5.97. The van der Waals surface area contributed by atoms with Gasteiger partial charge in [-0.3, -0.25) is 9.20 Å². The van der Waals surface area contributed by atoms with E-state index in [1.807, 2.05) is 53.8 Å². The molecule has 2 aromatic heterocycles. The number of carbonyl (C=O) groups excluding carboxylic acids is 1. The van der Waals surface area contributed by atoms with E-state index in [2.05, 4.69) is 11.1 Å². The van der Waals surface area contributed by atoms with Crippen molar-refractivity contribution in [1.29, 1.82) is 5.26 Å². The average Bonchev–Trinajstić information content (AvgIpc) is 3.11. The number of hydrogen-bond donors (Lipinski definition) is 0. The highest BCUT2D eigenvalue weighted by Gasteiger charge is 2.18. The molecule has 28 heavy (non-hydrogen) atoms. The number of fused-ring (bicyclic) bond motifs is 3. The van der Waals surface area contributed by atoms with Crippen molar-refractivity contribution in [3.05, 3.63) is 76.3 Å². The summed E-state index contributed by atoms with van der Waals surface area (Å²) in [5.74, 6) is 0.219. The zero-order valence-electron chi connectivity index (χ0n) is 15.1. The number of aryl methyl sites for hydroxylation is 1. The monoisotopic (exact) mass is 405 g/mol. The van der Waals surface area contributed by atoms with Gasteiger partial charge in [-0.25, -0.2) is 4.98 Å². The topological polar surface area (TPSA) is 58.2 Å². The van der Waals surface area contributed by atoms with Crippen LogP contribution in [0, 0.1) is 11.3 Å². The van der Waals surface area contributed by atoms with Crippen LogP contribution in [-0.2, 0) is 6.42 Å². The minimum Gasteiger partial charge on any atom is -0.293 e. The Bertz CT molecular complexity index is 1260. The number of pyridine rings is 1. The normalized spacial score (nSPS) is 11.0. The standard InChI is InChI=1S/C22H16ClN3OS/c1-2-14-11-21(28-13-20(27)15-7-3-4-8-17(15)23)26-19-10-6-5-9-18(19)25-22(26)16(14)12-24/h3-11H,2,13H2,1H3. The zero-order valence-corrected chi connectivity index (χ0v) is 16.7. The van der Waals surface area contributed by atoms with Crippen molar-refractivity contribution in [2.24, 2.45) is 0 Å². The van der Waals surface area contributed by atoms with Gasteiger partial charge in [0.2, 0.25) is 0 Å². The van der Waals surface area contributed by atoms with E-state index in [4.69, 9.17) is 11.6 Å². The Morgan fingerprint density at radius 3 is 2.71 bits per heavy atom. The number of benzene rings is 2. The fourth-order valence-electron chi connectivity index (χ4n) is 3.26. The van der Waals surface area contributed by atoms with Gasteiger partial charge in [-0.1, -0.05) is 54.6 Å².